The number of amides is 2. The summed E-state index contributed by atoms with van der Waals surface area (Å²) in [5, 5.41) is 5.97. The number of carbonyl (C=O) groups is 1. The number of benzene rings is 2. The number of hydrogen-bond acceptors (Lipinski definition) is 5. The minimum atomic E-state index is -3.85. The normalized spacial score (nSPS) is 16.1. The first-order valence-electron chi connectivity index (χ1n) is 11.3. The molecule has 34 heavy (non-hydrogen) atoms. The lowest BCUT2D eigenvalue weighted by Crippen LogP contribution is -2.37. The molecule has 1 fully saturated rings. The Morgan fingerprint density at radius 3 is 2.59 bits per heavy atom. The first-order valence-corrected chi connectivity index (χ1v) is 13.1. The Hall–Kier alpha value is -2.33. The minimum Gasteiger partial charge on any atom is -0.377 e. The zero-order valence-corrected chi connectivity index (χ0v) is 21.6. The molecular weight excluding hydrogens is 476 g/mol. The lowest BCUT2D eigenvalue weighted by atomic mass is 10.1. The molecule has 0 bridgehead atoms. The highest BCUT2D eigenvalue weighted by molar-refractivity contribution is 7.89. The van der Waals surface area contributed by atoms with Gasteiger partial charge in [-0.3, -0.25) is 0 Å². The van der Waals surface area contributed by atoms with E-state index in [-0.39, 0.29) is 36.2 Å². The van der Waals surface area contributed by atoms with Crippen LogP contribution in [0.3, 0.4) is 0 Å². The van der Waals surface area contributed by atoms with Gasteiger partial charge >= 0.3 is 6.03 Å². The molecule has 186 valence electrons. The minimum absolute atomic E-state index is 0.00902. The van der Waals surface area contributed by atoms with Crippen molar-refractivity contribution in [2.45, 2.75) is 50.3 Å². The second-order valence-corrected chi connectivity index (χ2v) is 11.3. The van der Waals surface area contributed by atoms with Gasteiger partial charge in [0.2, 0.25) is 10.0 Å². The van der Waals surface area contributed by atoms with Gasteiger partial charge in [0.1, 0.15) is 0 Å². The van der Waals surface area contributed by atoms with E-state index in [0.29, 0.717) is 17.3 Å². The quantitative estimate of drug-likeness (QED) is 0.527. The Labute approximate surface area is 207 Å². The number of ether oxygens (including phenoxy) is 1. The van der Waals surface area contributed by atoms with Gasteiger partial charge in [-0.05, 0) is 68.7 Å². The van der Waals surface area contributed by atoms with E-state index in [1.54, 1.807) is 24.3 Å². The van der Waals surface area contributed by atoms with Crippen molar-refractivity contribution < 1.29 is 17.9 Å². The van der Waals surface area contributed by atoms with E-state index in [4.69, 9.17) is 16.3 Å². The second-order valence-electron chi connectivity index (χ2n) is 8.88. The molecule has 1 aliphatic rings. The maximum atomic E-state index is 13.7. The summed E-state index contributed by atoms with van der Waals surface area (Å²) in [6.45, 7) is 4.73. The molecule has 1 heterocycles. The lowest BCUT2D eigenvalue weighted by molar-refractivity contribution is 0.0926. The van der Waals surface area contributed by atoms with Crippen LogP contribution in [0.2, 0.25) is 5.02 Å². The lowest BCUT2D eigenvalue weighted by Gasteiger charge is -2.27. The molecule has 0 aromatic heterocycles. The Bertz CT molecular complexity index is 1100. The summed E-state index contributed by atoms with van der Waals surface area (Å²) in [5.41, 5.74) is 2.19. The average molecular weight is 509 g/mol. The van der Waals surface area contributed by atoms with Crippen molar-refractivity contribution in [1.82, 2.24) is 9.62 Å². The second kappa shape index (κ2) is 11.4. The third kappa shape index (κ3) is 6.85. The van der Waals surface area contributed by atoms with Crippen LogP contribution in [-0.4, -0.2) is 58.1 Å². The monoisotopic (exact) mass is 508 g/mol. The van der Waals surface area contributed by atoms with E-state index in [2.05, 4.69) is 10.6 Å². The first-order chi connectivity index (χ1) is 16.1. The number of sulfonamides is 1. The number of halogens is 1. The zero-order valence-electron chi connectivity index (χ0n) is 20.0. The van der Waals surface area contributed by atoms with Crippen LogP contribution in [0.5, 0.6) is 0 Å². The molecule has 2 aromatic rings. The molecule has 0 saturated carbocycles. The van der Waals surface area contributed by atoms with Crippen molar-refractivity contribution in [3.05, 3.63) is 53.1 Å². The molecule has 0 radical (unpaired) electrons. The molecule has 0 aliphatic carbocycles. The number of urea groups is 1. The highest BCUT2D eigenvalue weighted by atomic mass is 35.5. The maximum absolute atomic E-state index is 13.7. The molecular formula is C24H33ClN4O4S. The molecule has 8 nitrogen and oxygen atoms in total. The number of rotatable bonds is 9. The van der Waals surface area contributed by atoms with Gasteiger partial charge in [0, 0.05) is 56.2 Å². The number of nitrogens with one attached hydrogen (secondary N) is 2. The van der Waals surface area contributed by atoms with Crippen molar-refractivity contribution >= 4 is 39.0 Å². The first kappa shape index (κ1) is 26.3. The summed E-state index contributed by atoms with van der Waals surface area (Å²) in [5.74, 6) is 0. The summed E-state index contributed by atoms with van der Waals surface area (Å²) < 4.78 is 34.5. The van der Waals surface area contributed by atoms with E-state index >= 15 is 0 Å². The summed E-state index contributed by atoms with van der Waals surface area (Å²) >= 11 is 6.10. The van der Waals surface area contributed by atoms with Gasteiger partial charge in [0.25, 0.3) is 0 Å². The van der Waals surface area contributed by atoms with Crippen LogP contribution < -0.4 is 15.5 Å². The Morgan fingerprint density at radius 1 is 1.21 bits per heavy atom. The standard InChI is InChI=1S/C24H33ClN4O4S/c1-17(2)26-24(30)27-20-10-11-23(28(3)4)18(13-20)15-29(16-21-8-6-12-33-21)34(31,32)22-9-5-7-19(25)14-22/h5,7,9-11,13-14,17,21H,6,8,12,15-16H2,1-4H3,(H2,26,27,30). The van der Waals surface area contributed by atoms with Crippen LogP contribution in [0, 0.1) is 0 Å². The van der Waals surface area contributed by atoms with Crippen LogP contribution in [0.15, 0.2) is 47.4 Å². The summed E-state index contributed by atoms with van der Waals surface area (Å²) in [7, 11) is -0.0606. The predicted octanol–water partition coefficient (Wildman–Crippen LogP) is 4.31. The number of nitrogens with zero attached hydrogens (tertiary/aromatic N) is 2. The molecule has 1 unspecified atom stereocenters. The number of anilines is 2. The van der Waals surface area contributed by atoms with E-state index < -0.39 is 10.0 Å². The largest absolute Gasteiger partial charge is 0.377 e. The number of carbonyl (C=O) groups excluding carboxylic acids is 1. The Kier molecular flexibility index (Phi) is 8.81. The third-order valence-electron chi connectivity index (χ3n) is 5.45. The van der Waals surface area contributed by atoms with Gasteiger partial charge in [0.15, 0.2) is 0 Å². The predicted molar refractivity (Wildman–Crippen MR) is 136 cm³/mol. The van der Waals surface area contributed by atoms with Crippen molar-refractivity contribution in [3.8, 4) is 0 Å². The third-order valence-corrected chi connectivity index (χ3v) is 7.49. The molecule has 0 spiro atoms. The summed E-state index contributed by atoms with van der Waals surface area (Å²) in [6, 6.07) is 11.4. The molecule has 1 aliphatic heterocycles. The van der Waals surface area contributed by atoms with E-state index in [9.17, 15) is 13.2 Å². The topological polar surface area (TPSA) is 91.0 Å². The fraction of sp³-hybridized carbons (Fsp3) is 0.458. The van der Waals surface area contributed by atoms with Crippen molar-refractivity contribution in [2.75, 3.05) is 37.5 Å². The fourth-order valence-corrected chi connectivity index (χ4v) is 5.64. The molecule has 1 saturated heterocycles. The van der Waals surface area contributed by atoms with Crippen LogP contribution in [0.1, 0.15) is 32.3 Å². The maximum Gasteiger partial charge on any atom is 0.319 e. The van der Waals surface area contributed by atoms with Crippen LogP contribution in [-0.2, 0) is 21.3 Å². The molecule has 3 rings (SSSR count). The van der Waals surface area contributed by atoms with Gasteiger partial charge in [-0.2, -0.15) is 4.31 Å². The van der Waals surface area contributed by atoms with Gasteiger partial charge in [-0.25, -0.2) is 13.2 Å². The average Bonchev–Trinajstić information content (AvgIpc) is 3.26. The van der Waals surface area contributed by atoms with E-state index in [0.717, 1.165) is 24.1 Å². The van der Waals surface area contributed by atoms with Crippen molar-refractivity contribution in [1.29, 1.82) is 0 Å². The van der Waals surface area contributed by atoms with E-state index in [1.807, 2.05) is 45.0 Å². The van der Waals surface area contributed by atoms with Crippen molar-refractivity contribution in [2.24, 2.45) is 0 Å². The van der Waals surface area contributed by atoms with E-state index in [1.165, 1.54) is 10.4 Å². The smallest absolute Gasteiger partial charge is 0.319 e. The molecule has 2 aromatic carbocycles. The number of hydrogen-bond donors (Lipinski definition) is 2. The Balaban J connectivity index is 1.96. The van der Waals surface area contributed by atoms with Crippen LogP contribution >= 0.6 is 11.6 Å². The molecule has 1 atom stereocenters. The Morgan fingerprint density at radius 2 is 1.97 bits per heavy atom. The van der Waals surface area contributed by atoms with Crippen molar-refractivity contribution in [3.63, 3.8) is 0 Å². The summed E-state index contributed by atoms with van der Waals surface area (Å²) in [6.07, 6.45) is 1.54. The van der Waals surface area contributed by atoms with Gasteiger partial charge in [-0.15, -0.1) is 0 Å². The summed E-state index contributed by atoms with van der Waals surface area (Å²) in [4.78, 5) is 14.3. The SMILES string of the molecule is CC(C)NC(=O)Nc1ccc(N(C)C)c(CN(CC2CCCO2)S(=O)(=O)c2cccc(Cl)c2)c1. The van der Waals surface area contributed by atoms with Gasteiger partial charge in [-0.1, -0.05) is 17.7 Å². The highest BCUT2D eigenvalue weighted by Crippen LogP contribution is 2.29. The van der Waals surface area contributed by atoms with Gasteiger partial charge in [0.05, 0.1) is 11.0 Å². The molecule has 2 N–H and O–H groups in total. The zero-order chi connectivity index (χ0) is 24.9. The molecule has 2 amide bonds. The van der Waals surface area contributed by atoms with Crippen LogP contribution in [0.4, 0.5) is 16.2 Å². The van der Waals surface area contributed by atoms with Gasteiger partial charge < -0.3 is 20.3 Å². The molecule has 10 heteroatoms. The van der Waals surface area contributed by atoms with Crippen LogP contribution in [0.25, 0.3) is 0 Å². The highest BCUT2D eigenvalue weighted by Gasteiger charge is 2.30. The fourth-order valence-electron chi connectivity index (χ4n) is 3.89.